The van der Waals surface area contributed by atoms with Crippen molar-refractivity contribution in [3.8, 4) is 0 Å². The Bertz CT molecular complexity index is 1350. The molecule has 31 heavy (non-hydrogen) atoms. The summed E-state index contributed by atoms with van der Waals surface area (Å²) in [5.41, 5.74) is 3.52. The number of hydrogen-bond acceptors (Lipinski definition) is 5. The molecule has 0 spiro atoms. The van der Waals surface area contributed by atoms with E-state index in [1.807, 2.05) is 65.7 Å². The molecule has 0 aliphatic carbocycles. The topological polar surface area (TPSA) is 80.7 Å². The summed E-state index contributed by atoms with van der Waals surface area (Å²) < 4.78 is 7.48. The number of benzene rings is 1. The third-order valence-corrected chi connectivity index (χ3v) is 6.24. The minimum absolute atomic E-state index is 0.0259. The van der Waals surface area contributed by atoms with Crippen molar-refractivity contribution in [1.29, 1.82) is 0 Å². The maximum absolute atomic E-state index is 13.1. The fourth-order valence-corrected chi connectivity index (χ4v) is 4.59. The van der Waals surface area contributed by atoms with Gasteiger partial charge in [0.1, 0.15) is 5.58 Å². The van der Waals surface area contributed by atoms with Crippen molar-refractivity contribution < 1.29 is 9.21 Å². The number of likely N-dealkylation sites (tertiary alicyclic amines) is 1. The molecule has 1 amide bonds. The highest BCUT2D eigenvalue weighted by Crippen LogP contribution is 2.32. The molecule has 158 valence electrons. The van der Waals surface area contributed by atoms with Crippen LogP contribution in [0.3, 0.4) is 0 Å². The Labute approximate surface area is 179 Å². The SMILES string of the molecule is Cc1ccc2c(C)c(CCC(=O)N3CCC[C@H]3c3nnc4ccccn34)c(=O)oc2c1. The Morgan fingerprint density at radius 2 is 2.06 bits per heavy atom. The number of hydrogen-bond donors (Lipinski definition) is 0. The summed E-state index contributed by atoms with van der Waals surface area (Å²) in [4.78, 5) is 27.6. The van der Waals surface area contributed by atoms with E-state index in [1.54, 1.807) is 0 Å². The van der Waals surface area contributed by atoms with Gasteiger partial charge in [-0.3, -0.25) is 9.20 Å². The second-order valence-corrected chi connectivity index (χ2v) is 8.22. The molecule has 0 N–H and O–H groups in total. The summed E-state index contributed by atoms with van der Waals surface area (Å²) >= 11 is 0. The van der Waals surface area contributed by atoms with Gasteiger partial charge in [0.15, 0.2) is 11.5 Å². The van der Waals surface area contributed by atoms with Gasteiger partial charge in [0, 0.05) is 30.1 Å². The van der Waals surface area contributed by atoms with Crippen LogP contribution in [0.4, 0.5) is 0 Å². The van der Waals surface area contributed by atoms with Crippen LogP contribution < -0.4 is 5.63 Å². The molecule has 1 aromatic carbocycles. The van der Waals surface area contributed by atoms with Gasteiger partial charge in [0.2, 0.25) is 5.91 Å². The number of nitrogens with zero attached hydrogens (tertiary/aromatic N) is 4. The van der Waals surface area contributed by atoms with Crippen molar-refractivity contribution in [2.75, 3.05) is 6.54 Å². The summed E-state index contributed by atoms with van der Waals surface area (Å²) in [7, 11) is 0. The summed E-state index contributed by atoms with van der Waals surface area (Å²) in [6, 6.07) is 11.5. The lowest BCUT2D eigenvalue weighted by Gasteiger charge is -2.23. The highest BCUT2D eigenvalue weighted by Gasteiger charge is 2.33. The molecule has 7 heteroatoms. The van der Waals surface area contributed by atoms with E-state index in [0.29, 0.717) is 24.1 Å². The highest BCUT2D eigenvalue weighted by atomic mass is 16.4. The Balaban J connectivity index is 1.38. The Morgan fingerprint density at radius 3 is 2.94 bits per heavy atom. The zero-order valence-corrected chi connectivity index (χ0v) is 17.7. The van der Waals surface area contributed by atoms with E-state index in [-0.39, 0.29) is 24.0 Å². The molecule has 0 unspecified atom stereocenters. The second-order valence-electron chi connectivity index (χ2n) is 8.22. The van der Waals surface area contributed by atoms with Gasteiger partial charge < -0.3 is 9.32 Å². The minimum Gasteiger partial charge on any atom is -0.423 e. The van der Waals surface area contributed by atoms with Gasteiger partial charge in [0.05, 0.1) is 6.04 Å². The molecule has 0 saturated carbocycles. The van der Waals surface area contributed by atoms with E-state index in [2.05, 4.69) is 10.2 Å². The van der Waals surface area contributed by atoms with Crippen LogP contribution in [0.25, 0.3) is 16.6 Å². The predicted octanol–water partition coefficient (Wildman–Crippen LogP) is 3.75. The van der Waals surface area contributed by atoms with Crippen molar-refractivity contribution in [3.63, 3.8) is 0 Å². The number of rotatable bonds is 4. The number of aromatic nitrogens is 3. The fraction of sp³-hybridized carbons (Fsp3) is 0.333. The van der Waals surface area contributed by atoms with Crippen LogP contribution in [0, 0.1) is 13.8 Å². The third-order valence-electron chi connectivity index (χ3n) is 6.24. The van der Waals surface area contributed by atoms with Gasteiger partial charge in [-0.05, 0) is 62.4 Å². The predicted molar refractivity (Wildman–Crippen MR) is 117 cm³/mol. The van der Waals surface area contributed by atoms with Gasteiger partial charge in [-0.25, -0.2) is 4.79 Å². The molecular weight excluding hydrogens is 392 g/mol. The zero-order chi connectivity index (χ0) is 21.5. The van der Waals surface area contributed by atoms with E-state index in [0.717, 1.165) is 40.8 Å². The lowest BCUT2D eigenvalue weighted by atomic mass is 10.0. The number of aryl methyl sites for hydroxylation is 2. The first-order chi connectivity index (χ1) is 15.0. The average molecular weight is 416 g/mol. The number of carbonyl (C=O) groups is 1. The molecule has 0 radical (unpaired) electrons. The minimum atomic E-state index is -0.357. The summed E-state index contributed by atoms with van der Waals surface area (Å²) in [5.74, 6) is 0.816. The van der Waals surface area contributed by atoms with Crippen LogP contribution in [0.15, 0.2) is 51.8 Å². The molecule has 1 fully saturated rings. The van der Waals surface area contributed by atoms with E-state index in [9.17, 15) is 9.59 Å². The summed E-state index contributed by atoms with van der Waals surface area (Å²) in [6.07, 6.45) is 4.33. The normalized spacial score (nSPS) is 16.5. The first-order valence-corrected chi connectivity index (χ1v) is 10.6. The average Bonchev–Trinajstić information content (AvgIpc) is 3.40. The Kier molecular flexibility index (Phi) is 4.81. The van der Waals surface area contributed by atoms with E-state index >= 15 is 0 Å². The molecule has 1 saturated heterocycles. The summed E-state index contributed by atoms with van der Waals surface area (Å²) in [6.45, 7) is 4.58. The quantitative estimate of drug-likeness (QED) is 0.473. The molecule has 4 aromatic rings. The lowest BCUT2D eigenvalue weighted by Crippen LogP contribution is -2.32. The number of pyridine rings is 1. The van der Waals surface area contributed by atoms with Gasteiger partial charge in [-0.1, -0.05) is 18.2 Å². The molecule has 1 atom stereocenters. The van der Waals surface area contributed by atoms with Crippen LogP contribution in [0.5, 0.6) is 0 Å². The maximum atomic E-state index is 13.1. The van der Waals surface area contributed by atoms with E-state index in [1.165, 1.54) is 0 Å². The van der Waals surface area contributed by atoms with E-state index < -0.39 is 0 Å². The third kappa shape index (κ3) is 3.40. The Morgan fingerprint density at radius 1 is 1.19 bits per heavy atom. The van der Waals surface area contributed by atoms with Crippen LogP contribution in [0.2, 0.25) is 0 Å². The van der Waals surface area contributed by atoms with Gasteiger partial charge in [0.25, 0.3) is 0 Å². The Hall–Kier alpha value is -3.48. The molecule has 3 aromatic heterocycles. The zero-order valence-electron chi connectivity index (χ0n) is 17.7. The first-order valence-electron chi connectivity index (χ1n) is 10.6. The van der Waals surface area contributed by atoms with Crippen molar-refractivity contribution >= 4 is 22.5 Å². The van der Waals surface area contributed by atoms with E-state index in [4.69, 9.17) is 4.42 Å². The van der Waals surface area contributed by atoms with Crippen molar-refractivity contribution in [2.45, 2.75) is 45.6 Å². The molecular formula is C24H24N4O3. The number of carbonyl (C=O) groups excluding carboxylic acids is 1. The van der Waals surface area contributed by atoms with Crippen LogP contribution in [0.1, 0.15) is 47.8 Å². The largest absolute Gasteiger partial charge is 0.423 e. The maximum Gasteiger partial charge on any atom is 0.339 e. The van der Waals surface area contributed by atoms with Crippen LogP contribution in [-0.4, -0.2) is 31.9 Å². The molecule has 5 rings (SSSR count). The monoisotopic (exact) mass is 416 g/mol. The van der Waals surface area contributed by atoms with Crippen LogP contribution in [-0.2, 0) is 11.2 Å². The van der Waals surface area contributed by atoms with Crippen LogP contribution >= 0.6 is 0 Å². The number of fused-ring (bicyclic) bond motifs is 2. The van der Waals surface area contributed by atoms with Crippen molar-refractivity contribution in [1.82, 2.24) is 19.5 Å². The molecule has 1 aliphatic rings. The molecule has 4 heterocycles. The molecule has 1 aliphatic heterocycles. The first kappa shape index (κ1) is 19.5. The van der Waals surface area contributed by atoms with Crippen molar-refractivity contribution in [3.05, 3.63) is 75.5 Å². The fourth-order valence-electron chi connectivity index (χ4n) is 4.59. The lowest BCUT2D eigenvalue weighted by molar-refractivity contribution is -0.132. The number of amides is 1. The van der Waals surface area contributed by atoms with Gasteiger partial charge in [-0.15, -0.1) is 10.2 Å². The standard InChI is InChI=1S/C24H24N4O3/c1-15-8-9-17-16(2)18(24(30)31-20(17)14-15)10-11-22(29)27-13-5-6-19(27)23-26-25-21-7-3-4-12-28(21)23/h3-4,7-9,12,14,19H,5-6,10-11,13H2,1-2H3/t19-/m0/s1. The van der Waals surface area contributed by atoms with Crippen molar-refractivity contribution in [2.24, 2.45) is 0 Å². The summed E-state index contributed by atoms with van der Waals surface area (Å²) in [5, 5.41) is 9.50. The second kappa shape index (κ2) is 7.65. The molecule has 0 bridgehead atoms. The van der Waals surface area contributed by atoms with Gasteiger partial charge >= 0.3 is 5.63 Å². The molecule has 7 nitrogen and oxygen atoms in total. The van der Waals surface area contributed by atoms with Gasteiger partial charge in [-0.2, -0.15) is 0 Å². The smallest absolute Gasteiger partial charge is 0.339 e. The highest BCUT2D eigenvalue weighted by molar-refractivity contribution is 5.82.